The Morgan fingerprint density at radius 2 is 1.67 bits per heavy atom. The average molecular weight is 295 g/mol. The van der Waals surface area contributed by atoms with Gasteiger partial charge in [0.05, 0.1) is 33.2 Å². The molecule has 7 heteroatoms. The maximum atomic E-state index is 12.0. The number of aliphatic carboxylic acids is 1. The number of carbonyl (C=O) groups excluding carboxylic acids is 1. The fraction of sp³-hybridized carbons (Fsp3) is 0.429. The van der Waals surface area contributed by atoms with Gasteiger partial charge in [0.25, 0.3) is 0 Å². The van der Waals surface area contributed by atoms with Crippen molar-refractivity contribution in [1.29, 1.82) is 0 Å². The summed E-state index contributed by atoms with van der Waals surface area (Å²) in [4.78, 5) is 22.7. The van der Waals surface area contributed by atoms with E-state index in [0.29, 0.717) is 29.4 Å². The Labute approximate surface area is 121 Å². The van der Waals surface area contributed by atoms with E-state index in [4.69, 9.17) is 19.3 Å². The number of nitrogens with one attached hydrogen (secondary N) is 1. The molecule has 2 rings (SSSR count). The number of benzene rings is 1. The molecule has 0 bridgehead atoms. The third-order valence-corrected chi connectivity index (χ3v) is 3.38. The SMILES string of the molecule is COc1cc(NC(=O)[C@@H]2C[C@@H]2C(=O)O)cc(OC)c1OC. The minimum atomic E-state index is -0.944. The maximum absolute atomic E-state index is 12.0. The van der Waals surface area contributed by atoms with Crippen LogP contribution < -0.4 is 19.5 Å². The van der Waals surface area contributed by atoms with Crippen molar-refractivity contribution in [3.05, 3.63) is 12.1 Å². The van der Waals surface area contributed by atoms with E-state index in [1.165, 1.54) is 21.3 Å². The lowest BCUT2D eigenvalue weighted by Gasteiger charge is -2.14. The number of rotatable bonds is 6. The summed E-state index contributed by atoms with van der Waals surface area (Å²) < 4.78 is 15.6. The standard InChI is InChI=1S/C14H17NO6/c1-19-10-4-7(5-11(20-2)12(10)21-3)15-13(16)8-6-9(8)14(17)18/h4-5,8-9H,6H2,1-3H3,(H,15,16)(H,17,18)/t8-,9+/m1/s1. The number of hydrogen-bond acceptors (Lipinski definition) is 5. The maximum Gasteiger partial charge on any atom is 0.307 e. The molecule has 1 aliphatic rings. The first-order valence-corrected chi connectivity index (χ1v) is 6.35. The Bertz CT molecular complexity index is 546. The summed E-state index contributed by atoms with van der Waals surface area (Å²) in [5.74, 6) is -1.09. The molecule has 1 aromatic rings. The highest BCUT2D eigenvalue weighted by molar-refractivity contribution is 5.98. The van der Waals surface area contributed by atoms with Crippen LogP contribution in [0.3, 0.4) is 0 Å². The summed E-state index contributed by atoms with van der Waals surface area (Å²) in [6.45, 7) is 0. The zero-order valence-corrected chi connectivity index (χ0v) is 12.0. The summed E-state index contributed by atoms with van der Waals surface area (Å²) in [7, 11) is 4.44. The summed E-state index contributed by atoms with van der Waals surface area (Å²) in [5, 5.41) is 11.5. The summed E-state index contributed by atoms with van der Waals surface area (Å²) in [6.07, 6.45) is 0.367. The van der Waals surface area contributed by atoms with Crippen LogP contribution in [0.5, 0.6) is 17.2 Å². The molecule has 114 valence electrons. The lowest BCUT2D eigenvalue weighted by molar-refractivity contribution is -0.139. The first-order chi connectivity index (χ1) is 10.0. The Balaban J connectivity index is 2.17. The fourth-order valence-corrected chi connectivity index (χ4v) is 2.15. The minimum absolute atomic E-state index is 0.323. The number of anilines is 1. The molecule has 2 N–H and O–H groups in total. The normalized spacial score (nSPS) is 19.6. The molecule has 1 aromatic carbocycles. The van der Waals surface area contributed by atoms with Gasteiger partial charge in [0.1, 0.15) is 0 Å². The molecule has 1 aliphatic carbocycles. The second-order valence-electron chi connectivity index (χ2n) is 4.69. The van der Waals surface area contributed by atoms with E-state index in [9.17, 15) is 9.59 Å². The molecular weight excluding hydrogens is 278 g/mol. The Hall–Kier alpha value is -2.44. The number of carboxylic acid groups (broad SMARTS) is 1. The Morgan fingerprint density at radius 1 is 1.10 bits per heavy atom. The van der Waals surface area contributed by atoms with Gasteiger partial charge in [0.15, 0.2) is 11.5 Å². The monoisotopic (exact) mass is 295 g/mol. The van der Waals surface area contributed by atoms with Crippen molar-refractivity contribution < 1.29 is 28.9 Å². The molecular formula is C14H17NO6. The topological polar surface area (TPSA) is 94.1 Å². The van der Waals surface area contributed by atoms with Crippen LogP contribution in [0.2, 0.25) is 0 Å². The van der Waals surface area contributed by atoms with E-state index in [1.54, 1.807) is 12.1 Å². The highest BCUT2D eigenvalue weighted by Crippen LogP contribution is 2.42. The van der Waals surface area contributed by atoms with Gasteiger partial charge in [-0.25, -0.2) is 0 Å². The van der Waals surface area contributed by atoms with Crippen LogP contribution in [0, 0.1) is 11.8 Å². The molecule has 0 unspecified atom stereocenters. The number of carboxylic acids is 1. The van der Waals surface area contributed by atoms with Crippen molar-refractivity contribution in [1.82, 2.24) is 0 Å². The second-order valence-corrected chi connectivity index (χ2v) is 4.69. The Kier molecular flexibility index (Phi) is 4.21. The van der Waals surface area contributed by atoms with E-state index >= 15 is 0 Å². The molecule has 0 spiro atoms. The minimum Gasteiger partial charge on any atom is -0.493 e. The van der Waals surface area contributed by atoms with Crippen LogP contribution in [-0.4, -0.2) is 38.3 Å². The average Bonchev–Trinajstić information content (AvgIpc) is 3.26. The van der Waals surface area contributed by atoms with Gasteiger partial charge in [0, 0.05) is 17.8 Å². The van der Waals surface area contributed by atoms with Crippen molar-refractivity contribution in [2.75, 3.05) is 26.6 Å². The molecule has 7 nitrogen and oxygen atoms in total. The molecule has 0 aliphatic heterocycles. The van der Waals surface area contributed by atoms with Crippen LogP contribution >= 0.6 is 0 Å². The molecule has 1 saturated carbocycles. The molecule has 0 heterocycles. The van der Waals surface area contributed by atoms with Crippen LogP contribution in [0.25, 0.3) is 0 Å². The lowest BCUT2D eigenvalue weighted by Crippen LogP contribution is -2.17. The van der Waals surface area contributed by atoms with Gasteiger partial charge in [-0.1, -0.05) is 0 Å². The molecule has 21 heavy (non-hydrogen) atoms. The number of carbonyl (C=O) groups is 2. The molecule has 1 fully saturated rings. The van der Waals surface area contributed by atoms with Gasteiger partial charge in [-0.05, 0) is 6.42 Å². The van der Waals surface area contributed by atoms with Crippen LogP contribution in [0.4, 0.5) is 5.69 Å². The van der Waals surface area contributed by atoms with E-state index in [-0.39, 0.29) is 5.91 Å². The van der Waals surface area contributed by atoms with E-state index in [2.05, 4.69) is 5.32 Å². The largest absolute Gasteiger partial charge is 0.493 e. The van der Waals surface area contributed by atoms with Crippen LogP contribution in [0.1, 0.15) is 6.42 Å². The van der Waals surface area contributed by atoms with Crippen LogP contribution in [0.15, 0.2) is 12.1 Å². The smallest absolute Gasteiger partial charge is 0.307 e. The quantitative estimate of drug-likeness (QED) is 0.823. The molecule has 0 radical (unpaired) electrons. The highest BCUT2D eigenvalue weighted by atomic mass is 16.5. The van der Waals surface area contributed by atoms with Gasteiger partial charge in [-0.15, -0.1) is 0 Å². The third-order valence-electron chi connectivity index (χ3n) is 3.38. The van der Waals surface area contributed by atoms with Crippen molar-refractivity contribution in [3.63, 3.8) is 0 Å². The van der Waals surface area contributed by atoms with Crippen molar-refractivity contribution in [2.24, 2.45) is 11.8 Å². The van der Waals surface area contributed by atoms with Gasteiger partial charge < -0.3 is 24.6 Å². The molecule has 1 amide bonds. The number of hydrogen-bond donors (Lipinski definition) is 2. The van der Waals surface area contributed by atoms with E-state index in [0.717, 1.165) is 0 Å². The lowest BCUT2D eigenvalue weighted by atomic mass is 10.2. The van der Waals surface area contributed by atoms with E-state index < -0.39 is 17.8 Å². The van der Waals surface area contributed by atoms with Crippen molar-refractivity contribution in [2.45, 2.75) is 6.42 Å². The molecule has 0 saturated heterocycles. The Morgan fingerprint density at radius 3 is 2.05 bits per heavy atom. The summed E-state index contributed by atoms with van der Waals surface area (Å²) in [6, 6.07) is 3.19. The first-order valence-electron chi connectivity index (χ1n) is 6.35. The van der Waals surface area contributed by atoms with Gasteiger partial charge in [0.2, 0.25) is 11.7 Å². The third kappa shape index (κ3) is 3.01. The van der Waals surface area contributed by atoms with Crippen molar-refractivity contribution in [3.8, 4) is 17.2 Å². The number of methoxy groups -OCH3 is 3. The van der Waals surface area contributed by atoms with Gasteiger partial charge in [-0.2, -0.15) is 0 Å². The second kappa shape index (κ2) is 5.90. The van der Waals surface area contributed by atoms with Gasteiger partial charge in [-0.3, -0.25) is 9.59 Å². The van der Waals surface area contributed by atoms with Gasteiger partial charge >= 0.3 is 5.97 Å². The predicted octanol–water partition coefficient (Wildman–Crippen LogP) is 1.37. The number of amides is 1. The number of ether oxygens (including phenoxy) is 3. The highest BCUT2D eigenvalue weighted by Gasteiger charge is 2.48. The molecule has 0 aromatic heterocycles. The summed E-state index contributed by atoms with van der Waals surface area (Å²) in [5.41, 5.74) is 0.463. The molecule has 2 atom stereocenters. The van der Waals surface area contributed by atoms with Crippen LogP contribution in [-0.2, 0) is 9.59 Å². The van der Waals surface area contributed by atoms with E-state index in [1.807, 2.05) is 0 Å². The zero-order chi connectivity index (χ0) is 15.6. The first kappa shape index (κ1) is 15.0. The zero-order valence-electron chi connectivity index (χ0n) is 12.0. The predicted molar refractivity (Wildman–Crippen MR) is 74.0 cm³/mol. The van der Waals surface area contributed by atoms with Crippen molar-refractivity contribution >= 4 is 17.6 Å². The summed E-state index contributed by atoms with van der Waals surface area (Å²) >= 11 is 0. The fourth-order valence-electron chi connectivity index (χ4n) is 2.15.